The number of quaternary nitrogens is 1. The van der Waals surface area contributed by atoms with Crippen molar-refractivity contribution in [2.24, 2.45) is 0 Å². The van der Waals surface area contributed by atoms with Crippen molar-refractivity contribution in [2.75, 3.05) is 13.7 Å². The fourth-order valence-electron chi connectivity index (χ4n) is 4.71. The van der Waals surface area contributed by atoms with Gasteiger partial charge in [0.25, 0.3) is 0 Å². The number of carboxylic acid groups (broad SMARTS) is 1. The molecule has 1 unspecified atom stereocenters. The van der Waals surface area contributed by atoms with Crippen LogP contribution in [-0.2, 0) is 22.6 Å². The van der Waals surface area contributed by atoms with Crippen molar-refractivity contribution in [1.29, 1.82) is 0 Å². The summed E-state index contributed by atoms with van der Waals surface area (Å²) in [5, 5.41) is 10.4. The molecule has 1 aliphatic rings. The molecule has 0 bridgehead atoms. The van der Waals surface area contributed by atoms with Crippen molar-refractivity contribution >= 4 is 17.7 Å². The Morgan fingerprint density at radius 3 is 2.47 bits per heavy atom. The van der Waals surface area contributed by atoms with E-state index in [9.17, 15) is 19.1 Å². The van der Waals surface area contributed by atoms with Gasteiger partial charge >= 0.3 is 12.1 Å². The molecule has 34 heavy (non-hydrogen) atoms. The summed E-state index contributed by atoms with van der Waals surface area (Å²) in [5.74, 6) is -0.518. The lowest BCUT2D eigenvalue weighted by molar-refractivity contribution is -0.145. The number of hydrogen-bond donors (Lipinski definition) is 1. The molecule has 0 saturated carbocycles. The Hall–Kier alpha value is -3.71. The lowest BCUT2D eigenvalue weighted by Crippen LogP contribution is -2.60. The third-order valence-corrected chi connectivity index (χ3v) is 6.41. The van der Waals surface area contributed by atoms with Gasteiger partial charge in [-0.3, -0.25) is 0 Å². The van der Waals surface area contributed by atoms with Crippen molar-refractivity contribution in [2.45, 2.75) is 31.9 Å². The molecule has 1 aliphatic heterocycles. The highest BCUT2D eigenvalue weighted by Gasteiger charge is 2.56. The summed E-state index contributed by atoms with van der Waals surface area (Å²) in [4.78, 5) is 25.4. The highest BCUT2D eigenvalue weighted by atomic mass is 19.1. The molecule has 3 aromatic carbocycles. The zero-order valence-electron chi connectivity index (χ0n) is 18.9. The summed E-state index contributed by atoms with van der Waals surface area (Å²) in [7, 11) is 1.27. The number of halogens is 1. The molecule has 2 atom stereocenters. The summed E-state index contributed by atoms with van der Waals surface area (Å²) in [5.41, 5.74) is 2.67. The van der Waals surface area contributed by atoms with Gasteiger partial charge in [-0.2, -0.15) is 9.28 Å². The first-order chi connectivity index (χ1) is 16.5. The molecule has 1 N–H and O–H groups in total. The summed E-state index contributed by atoms with van der Waals surface area (Å²) in [6.07, 6.45) is 0.347. The van der Waals surface area contributed by atoms with Crippen LogP contribution >= 0.6 is 0 Å². The number of carbonyl (C=O) groups excluding carboxylic acids is 1. The molecule has 1 heterocycles. The first-order valence-electron chi connectivity index (χ1n) is 11.2. The molecular weight excluding hydrogens is 437 g/mol. The molecule has 0 radical (unpaired) electrons. The summed E-state index contributed by atoms with van der Waals surface area (Å²) >= 11 is 0. The van der Waals surface area contributed by atoms with Crippen LogP contribution in [0.1, 0.15) is 29.5 Å². The molecule has 1 fully saturated rings. The summed E-state index contributed by atoms with van der Waals surface area (Å²) in [6.45, 7) is 0.255. The van der Waals surface area contributed by atoms with E-state index < -0.39 is 22.6 Å². The molecule has 0 spiro atoms. The molecule has 1 amide bonds. The van der Waals surface area contributed by atoms with Crippen molar-refractivity contribution in [3.8, 4) is 5.75 Å². The lowest BCUT2D eigenvalue weighted by atomic mass is 10.00. The van der Waals surface area contributed by atoms with E-state index in [1.54, 1.807) is 30.3 Å². The van der Waals surface area contributed by atoms with Gasteiger partial charge in [-0.25, -0.2) is 9.18 Å². The standard InChI is InChI=1S/C27H26FNO5/c1-33-26(30)24-12-7-15-29(24,27(31)32)25-17-22(34-18-21-10-5-6-11-23(21)28)14-13-20(25)16-19-8-3-2-4-9-19/h2-6,8-11,13-14,17,24H,7,12,15-16,18H2,1H3/p+1/t24-,29?/m0/s1. The van der Waals surface area contributed by atoms with Crippen LogP contribution in [0.25, 0.3) is 0 Å². The lowest BCUT2D eigenvalue weighted by Gasteiger charge is -2.34. The largest absolute Gasteiger partial charge is 0.519 e. The van der Waals surface area contributed by atoms with Crippen LogP contribution in [0.2, 0.25) is 0 Å². The average Bonchev–Trinajstić information content (AvgIpc) is 3.31. The van der Waals surface area contributed by atoms with E-state index in [0.717, 1.165) is 11.1 Å². The Morgan fingerprint density at radius 2 is 1.76 bits per heavy atom. The second-order valence-corrected chi connectivity index (χ2v) is 8.39. The number of benzene rings is 3. The van der Waals surface area contributed by atoms with Gasteiger partial charge in [0.1, 0.15) is 18.2 Å². The zero-order chi connectivity index (χ0) is 24.1. The molecule has 0 aliphatic carbocycles. The van der Waals surface area contributed by atoms with E-state index in [-0.39, 0.29) is 19.0 Å². The van der Waals surface area contributed by atoms with Crippen LogP contribution in [0.15, 0.2) is 72.8 Å². The van der Waals surface area contributed by atoms with Gasteiger partial charge in [-0.15, -0.1) is 0 Å². The molecular formula is C27H27FNO5+. The van der Waals surface area contributed by atoms with Crippen molar-refractivity contribution in [1.82, 2.24) is 4.48 Å². The van der Waals surface area contributed by atoms with Gasteiger partial charge in [0.15, 0.2) is 5.69 Å². The number of ether oxygens (including phenoxy) is 2. The van der Waals surface area contributed by atoms with Crippen molar-refractivity contribution in [3.63, 3.8) is 0 Å². The normalized spacial score (nSPS) is 19.5. The fraction of sp³-hybridized carbons (Fsp3) is 0.259. The van der Waals surface area contributed by atoms with Gasteiger partial charge in [0.05, 0.1) is 13.7 Å². The Bertz CT molecular complexity index is 1180. The van der Waals surface area contributed by atoms with E-state index >= 15 is 0 Å². The molecule has 4 rings (SSSR count). The van der Waals surface area contributed by atoms with Crippen LogP contribution < -0.4 is 9.22 Å². The van der Waals surface area contributed by atoms with Crippen LogP contribution in [0.5, 0.6) is 5.75 Å². The third-order valence-electron chi connectivity index (χ3n) is 6.41. The highest BCUT2D eigenvalue weighted by molar-refractivity contribution is 5.92. The number of rotatable bonds is 7. The Labute approximate surface area is 197 Å². The number of esters is 1. The monoisotopic (exact) mass is 464 g/mol. The van der Waals surface area contributed by atoms with Crippen molar-refractivity contribution < 1.29 is 28.6 Å². The van der Waals surface area contributed by atoms with Gasteiger partial charge < -0.3 is 14.6 Å². The molecule has 176 valence electrons. The van der Waals surface area contributed by atoms with Gasteiger partial charge in [-0.05, 0) is 23.8 Å². The average molecular weight is 465 g/mol. The van der Waals surface area contributed by atoms with E-state index in [4.69, 9.17) is 9.47 Å². The SMILES string of the molecule is COC(=O)[C@@H]1CCC[N+]1(C(=O)O)c1cc(OCc2ccccc2F)ccc1Cc1ccccc1. The number of amides is 1. The third kappa shape index (κ3) is 4.52. The Morgan fingerprint density at radius 1 is 1.03 bits per heavy atom. The zero-order valence-corrected chi connectivity index (χ0v) is 18.9. The Kier molecular flexibility index (Phi) is 6.93. The van der Waals surface area contributed by atoms with Gasteiger partial charge in [0.2, 0.25) is 6.04 Å². The molecule has 0 aromatic heterocycles. The fourth-order valence-corrected chi connectivity index (χ4v) is 4.71. The number of carbonyl (C=O) groups is 2. The van der Waals surface area contributed by atoms with Crippen LogP contribution in [0, 0.1) is 5.82 Å². The maximum Gasteiger partial charge on any atom is 0.519 e. The number of methoxy groups -OCH3 is 1. The minimum atomic E-state index is -1.12. The van der Waals surface area contributed by atoms with Gasteiger partial charge in [0, 0.05) is 36.5 Å². The predicted octanol–water partition coefficient (Wildman–Crippen LogP) is 5.32. The first-order valence-corrected chi connectivity index (χ1v) is 11.2. The van der Waals surface area contributed by atoms with Crippen LogP contribution in [0.3, 0.4) is 0 Å². The van der Waals surface area contributed by atoms with E-state index in [2.05, 4.69) is 0 Å². The van der Waals surface area contributed by atoms with Gasteiger partial charge in [-0.1, -0.05) is 48.5 Å². The van der Waals surface area contributed by atoms with E-state index in [1.165, 1.54) is 13.2 Å². The molecule has 6 nitrogen and oxygen atoms in total. The van der Waals surface area contributed by atoms with Crippen LogP contribution in [-0.4, -0.2) is 36.9 Å². The second-order valence-electron chi connectivity index (χ2n) is 8.39. The smallest absolute Gasteiger partial charge is 0.489 e. The van der Waals surface area contributed by atoms with Crippen molar-refractivity contribution in [3.05, 3.63) is 95.3 Å². The maximum absolute atomic E-state index is 14.1. The first kappa shape index (κ1) is 23.4. The number of likely N-dealkylation sites (tertiary alicyclic amines) is 1. The Balaban J connectivity index is 1.77. The minimum Gasteiger partial charge on any atom is -0.489 e. The maximum atomic E-state index is 14.1. The molecule has 7 heteroatoms. The summed E-state index contributed by atoms with van der Waals surface area (Å²) < 4.78 is 24.4. The molecule has 3 aromatic rings. The minimum absolute atomic E-state index is 0.00233. The van der Waals surface area contributed by atoms with Crippen LogP contribution in [0.4, 0.5) is 14.9 Å². The topological polar surface area (TPSA) is 72.8 Å². The number of hydrogen-bond acceptors (Lipinski definition) is 4. The van der Waals surface area contributed by atoms with E-state index in [1.807, 2.05) is 36.4 Å². The quantitative estimate of drug-likeness (QED) is 0.379. The second kappa shape index (κ2) is 10.1. The highest BCUT2D eigenvalue weighted by Crippen LogP contribution is 2.41. The number of nitrogens with zero attached hydrogens (tertiary/aromatic N) is 1. The van der Waals surface area contributed by atoms with E-state index in [0.29, 0.717) is 36.3 Å². The molecule has 1 saturated heterocycles. The summed E-state index contributed by atoms with van der Waals surface area (Å²) in [6, 6.07) is 20.4. The predicted molar refractivity (Wildman–Crippen MR) is 126 cm³/mol.